The van der Waals surface area contributed by atoms with Crippen molar-refractivity contribution in [3.05, 3.63) is 27.1 Å². The summed E-state index contributed by atoms with van der Waals surface area (Å²) in [5.41, 5.74) is 0. The molecule has 114 valence electrons. The van der Waals surface area contributed by atoms with Gasteiger partial charge in [-0.05, 0) is 34.1 Å². The monoisotopic (exact) mass is 456 g/mol. The quantitative estimate of drug-likeness (QED) is 0.732. The summed E-state index contributed by atoms with van der Waals surface area (Å²) in [7, 11) is -3.72. The van der Waals surface area contributed by atoms with Crippen molar-refractivity contribution in [1.82, 2.24) is 9.62 Å². The molecule has 2 amide bonds. The van der Waals surface area contributed by atoms with Gasteiger partial charge in [-0.3, -0.25) is 14.5 Å². The van der Waals surface area contributed by atoms with Crippen molar-refractivity contribution >= 4 is 64.8 Å². The summed E-state index contributed by atoms with van der Waals surface area (Å²) in [5, 5.41) is -0.345. The fourth-order valence-corrected chi connectivity index (χ4v) is 4.92. The van der Waals surface area contributed by atoms with Crippen LogP contribution in [0.3, 0.4) is 0 Å². The van der Waals surface area contributed by atoms with Crippen molar-refractivity contribution in [3.8, 4) is 0 Å². The van der Waals surface area contributed by atoms with E-state index in [2.05, 4.69) is 36.6 Å². The maximum atomic E-state index is 12.2. The topological polar surface area (TPSA) is 83.6 Å². The number of rotatable bonds is 5. The van der Waals surface area contributed by atoms with Crippen LogP contribution < -0.4 is 4.72 Å². The molecular formula is C11H10Br2N2O4S2. The Balaban J connectivity index is 2.03. The second-order valence-corrected chi connectivity index (χ2v) is 8.50. The molecule has 0 spiro atoms. The van der Waals surface area contributed by atoms with Crippen molar-refractivity contribution in [1.29, 1.82) is 0 Å². The highest BCUT2D eigenvalue weighted by molar-refractivity contribution is 9.11. The van der Waals surface area contributed by atoms with Gasteiger partial charge >= 0.3 is 0 Å². The van der Waals surface area contributed by atoms with Gasteiger partial charge in [0.15, 0.2) is 0 Å². The number of nitrogens with one attached hydrogen (secondary N) is 1. The Morgan fingerprint density at radius 3 is 2.62 bits per heavy atom. The number of nitrogens with zero attached hydrogens (tertiary/aromatic N) is 1. The standard InChI is InChI=1S/C11H10Br2N2O4S2/c12-7-1-2-8(13)9(5-7)21(18,19)14-3-4-15-10(16)6-20-11(15)17/h1-2,5,14H,3-4,6H2. The van der Waals surface area contributed by atoms with E-state index in [-0.39, 0.29) is 34.9 Å². The molecule has 0 bridgehead atoms. The summed E-state index contributed by atoms with van der Waals surface area (Å²) < 4.78 is 27.8. The first-order chi connectivity index (χ1) is 9.81. The van der Waals surface area contributed by atoms with Gasteiger partial charge in [-0.25, -0.2) is 13.1 Å². The van der Waals surface area contributed by atoms with Crippen molar-refractivity contribution in [2.45, 2.75) is 4.90 Å². The SMILES string of the molecule is O=C1CSC(=O)N1CCNS(=O)(=O)c1cc(Br)ccc1Br. The molecule has 1 fully saturated rings. The lowest BCUT2D eigenvalue weighted by atomic mass is 10.4. The molecule has 6 nitrogen and oxygen atoms in total. The van der Waals surface area contributed by atoms with Gasteiger partial charge in [-0.2, -0.15) is 0 Å². The highest BCUT2D eigenvalue weighted by Gasteiger charge is 2.29. The minimum absolute atomic E-state index is 0.0233. The molecule has 0 atom stereocenters. The van der Waals surface area contributed by atoms with E-state index < -0.39 is 10.0 Å². The molecule has 1 saturated heterocycles. The minimum Gasteiger partial charge on any atom is -0.273 e. The highest BCUT2D eigenvalue weighted by Crippen LogP contribution is 2.25. The molecule has 1 aliphatic heterocycles. The molecule has 0 radical (unpaired) electrons. The van der Waals surface area contributed by atoms with Gasteiger partial charge in [0.05, 0.1) is 10.6 Å². The van der Waals surface area contributed by atoms with Crippen molar-refractivity contribution in [2.75, 3.05) is 18.8 Å². The third-order valence-electron chi connectivity index (χ3n) is 2.65. The molecule has 1 heterocycles. The second-order valence-electron chi connectivity index (χ2n) is 4.07. The number of hydrogen-bond donors (Lipinski definition) is 1. The Kier molecular flexibility index (Phi) is 5.47. The lowest BCUT2D eigenvalue weighted by Crippen LogP contribution is -2.37. The largest absolute Gasteiger partial charge is 0.288 e. The van der Waals surface area contributed by atoms with Gasteiger partial charge in [0.25, 0.3) is 5.24 Å². The van der Waals surface area contributed by atoms with Crippen LogP contribution in [0, 0.1) is 0 Å². The third-order valence-corrected chi connectivity index (χ3v) is 6.46. The first-order valence-corrected chi connectivity index (χ1v) is 9.78. The average Bonchev–Trinajstić information content (AvgIpc) is 2.73. The van der Waals surface area contributed by atoms with E-state index >= 15 is 0 Å². The molecule has 2 rings (SSSR count). The van der Waals surface area contributed by atoms with Gasteiger partial charge in [0.1, 0.15) is 0 Å². The molecule has 0 saturated carbocycles. The van der Waals surface area contributed by atoms with Gasteiger partial charge in [0.2, 0.25) is 15.9 Å². The van der Waals surface area contributed by atoms with E-state index in [9.17, 15) is 18.0 Å². The maximum absolute atomic E-state index is 12.2. The number of benzene rings is 1. The van der Waals surface area contributed by atoms with Crippen LogP contribution in [0.4, 0.5) is 4.79 Å². The van der Waals surface area contributed by atoms with Crippen LogP contribution in [-0.4, -0.2) is 43.3 Å². The fourth-order valence-electron chi connectivity index (χ4n) is 1.65. The zero-order chi connectivity index (χ0) is 15.6. The Morgan fingerprint density at radius 2 is 2.00 bits per heavy atom. The Bertz CT molecular complexity index is 677. The van der Waals surface area contributed by atoms with Crippen molar-refractivity contribution in [3.63, 3.8) is 0 Å². The van der Waals surface area contributed by atoms with Gasteiger partial charge in [-0.15, -0.1) is 0 Å². The van der Waals surface area contributed by atoms with E-state index in [1.165, 1.54) is 6.07 Å². The Hall–Kier alpha value is -0.420. The van der Waals surface area contributed by atoms with Crippen LogP contribution in [0.1, 0.15) is 0 Å². The molecule has 0 aromatic heterocycles. The van der Waals surface area contributed by atoms with E-state index in [0.717, 1.165) is 16.7 Å². The van der Waals surface area contributed by atoms with Gasteiger partial charge < -0.3 is 0 Å². The molecule has 10 heteroatoms. The Morgan fingerprint density at radius 1 is 1.29 bits per heavy atom. The predicted octanol–water partition coefficient (Wildman–Crippen LogP) is 2.19. The number of halogens is 2. The molecule has 0 aliphatic carbocycles. The highest BCUT2D eigenvalue weighted by atomic mass is 79.9. The maximum Gasteiger partial charge on any atom is 0.288 e. The summed E-state index contributed by atoms with van der Waals surface area (Å²) in [6.45, 7) is -0.00511. The van der Waals surface area contributed by atoms with Gasteiger partial charge in [0, 0.05) is 22.0 Å². The molecule has 1 N–H and O–H groups in total. The third kappa shape index (κ3) is 4.07. The first-order valence-electron chi connectivity index (χ1n) is 5.73. The number of sulfonamides is 1. The smallest absolute Gasteiger partial charge is 0.273 e. The zero-order valence-corrected chi connectivity index (χ0v) is 15.3. The summed E-state index contributed by atoms with van der Waals surface area (Å²) in [4.78, 5) is 23.9. The van der Waals surface area contributed by atoms with E-state index in [0.29, 0.717) is 8.95 Å². The predicted molar refractivity (Wildman–Crippen MR) is 86.6 cm³/mol. The normalized spacial score (nSPS) is 15.8. The number of imide groups is 1. The Labute approximate surface area is 143 Å². The fraction of sp³-hybridized carbons (Fsp3) is 0.273. The number of carbonyl (C=O) groups excluding carboxylic acids is 2. The zero-order valence-electron chi connectivity index (χ0n) is 10.5. The number of carbonyl (C=O) groups is 2. The summed E-state index contributed by atoms with van der Waals surface area (Å²) in [6, 6.07) is 4.79. The van der Waals surface area contributed by atoms with Crippen molar-refractivity contribution in [2.24, 2.45) is 0 Å². The molecule has 1 aromatic carbocycles. The number of amides is 2. The summed E-state index contributed by atoms with van der Waals surface area (Å²) in [6.07, 6.45) is 0. The molecule has 1 aliphatic rings. The van der Waals surface area contributed by atoms with Gasteiger partial charge in [-0.1, -0.05) is 27.7 Å². The lowest BCUT2D eigenvalue weighted by Gasteiger charge is -2.14. The van der Waals surface area contributed by atoms with E-state index in [1.54, 1.807) is 12.1 Å². The van der Waals surface area contributed by atoms with Crippen LogP contribution in [0.2, 0.25) is 0 Å². The lowest BCUT2D eigenvalue weighted by molar-refractivity contribution is -0.124. The van der Waals surface area contributed by atoms with E-state index in [1.807, 2.05) is 0 Å². The number of thioether (sulfide) groups is 1. The average molecular weight is 458 g/mol. The van der Waals surface area contributed by atoms with E-state index in [4.69, 9.17) is 0 Å². The van der Waals surface area contributed by atoms with Crippen molar-refractivity contribution < 1.29 is 18.0 Å². The minimum atomic E-state index is -3.72. The molecule has 1 aromatic rings. The summed E-state index contributed by atoms with van der Waals surface area (Å²) >= 11 is 7.31. The number of hydrogen-bond acceptors (Lipinski definition) is 5. The van der Waals surface area contributed by atoms with Crippen LogP contribution in [0.15, 0.2) is 32.0 Å². The van der Waals surface area contributed by atoms with Crippen LogP contribution in [0.25, 0.3) is 0 Å². The molecule has 21 heavy (non-hydrogen) atoms. The van der Waals surface area contributed by atoms with Crippen LogP contribution in [0.5, 0.6) is 0 Å². The molecule has 0 unspecified atom stereocenters. The summed E-state index contributed by atoms with van der Waals surface area (Å²) in [5.74, 6) is -0.184. The van der Waals surface area contributed by atoms with Crippen LogP contribution in [-0.2, 0) is 14.8 Å². The first kappa shape index (κ1) is 16.9. The second kappa shape index (κ2) is 6.78. The van der Waals surface area contributed by atoms with Crippen LogP contribution >= 0.6 is 43.6 Å². The molecular weight excluding hydrogens is 448 g/mol.